The molecule has 1 aliphatic carbocycles. The summed E-state index contributed by atoms with van der Waals surface area (Å²) < 4.78 is 25.4. The summed E-state index contributed by atoms with van der Waals surface area (Å²) in [5, 5.41) is 2.89. The second-order valence-corrected chi connectivity index (χ2v) is 7.99. The highest BCUT2D eigenvalue weighted by atomic mass is 35.5. The van der Waals surface area contributed by atoms with Crippen molar-refractivity contribution in [1.82, 2.24) is 10.0 Å². The number of benzene rings is 1. The first-order valence-electron chi connectivity index (χ1n) is 7.89. The number of halogens is 1. The minimum atomic E-state index is -3.22. The zero-order chi connectivity index (χ0) is 16.9. The van der Waals surface area contributed by atoms with Crippen LogP contribution in [-0.2, 0) is 14.8 Å². The SMILES string of the molecule is CS(=O)(=O)NC1CCCC1CNC(=O)CC(N)c1ccccc1.Cl. The number of carbonyl (C=O) groups excluding carboxylic acids is 1. The number of amides is 1. The largest absolute Gasteiger partial charge is 0.356 e. The number of rotatable bonds is 7. The van der Waals surface area contributed by atoms with Gasteiger partial charge in [0.25, 0.3) is 0 Å². The molecule has 0 radical (unpaired) electrons. The molecular formula is C16H26ClN3O3S. The van der Waals surface area contributed by atoms with Crippen molar-refractivity contribution >= 4 is 28.3 Å². The van der Waals surface area contributed by atoms with E-state index in [0.717, 1.165) is 24.8 Å². The molecule has 1 aliphatic rings. The predicted molar refractivity (Wildman–Crippen MR) is 97.4 cm³/mol. The summed E-state index contributed by atoms with van der Waals surface area (Å²) in [6.07, 6.45) is 4.09. The lowest BCUT2D eigenvalue weighted by Crippen LogP contribution is -2.41. The van der Waals surface area contributed by atoms with Gasteiger partial charge in [-0.1, -0.05) is 36.8 Å². The van der Waals surface area contributed by atoms with Gasteiger partial charge in [-0.15, -0.1) is 12.4 Å². The molecule has 0 saturated heterocycles. The van der Waals surface area contributed by atoms with Gasteiger partial charge >= 0.3 is 0 Å². The Hall–Kier alpha value is -1.15. The molecule has 0 aliphatic heterocycles. The minimum absolute atomic E-state index is 0. The summed E-state index contributed by atoms with van der Waals surface area (Å²) in [6.45, 7) is 0.480. The summed E-state index contributed by atoms with van der Waals surface area (Å²) in [6, 6.07) is 9.09. The van der Waals surface area contributed by atoms with Crippen LogP contribution in [0.1, 0.15) is 37.3 Å². The van der Waals surface area contributed by atoms with Crippen molar-refractivity contribution in [3.8, 4) is 0 Å². The van der Waals surface area contributed by atoms with Crippen LogP contribution in [0.15, 0.2) is 30.3 Å². The second kappa shape index (κ2) is 9.36. The number of hydrogen-bond acceptors (Lipinski definition) is 4. The van der Waals surface area contributed by atoms with Crippen LogP contribution in [0.5, 0.6) is 0 Å². The molecule has 0 heterocycles. The molecular weight excluding hydrogens is 350 g/mol. The molecule has 2 rings (SSSR count). The summed E-state index contributed by atoms with van der Waals surface area (Å²) in [5.41, 5.74) is 6.97. The van der Waals surface area contributed by atoms with E-state index < -0.39 is 10.0 Å². The summed E-state index contributed by atoms with van der Waals surface area (Å²) >= 11 is 0. The maximum atomic E-state index is 12.0. The molecule has 1 aromatic carbocycles. The monoisotopic (exact) mass is 375 g/mol. The highest BCUT2D eigenvalue weighted by molar-refractivity contribution is 7.88. The molecule has 3 unspecified atom stereocenters. The van der Waals surface area contributed by atoms with Crippen LogP contribution in [0.3, 0.4) is 0 Å². The van der Waals surface area contributed by atoms with Crippen molar-refractivity contribution in [3.63, 3.8) is 0 Å². The molecule has 136 valence electrons. The Kier molecular flexibility index (Phi) is 8.15. The van der Waals surface area contributed by atoms with Crippen LogP contribution in [-0.4, -0.2) is 33.2 Å². The van der Waals surface area contributed by atoms with E-state index in [0.29, 0.717) is 6.54 Å². The van der Waals surface area contributed by atoms with Gasteiger partial charge in [0.2, 0.25) is 15.9 Å². The first kappa shape index (κ1) is 20.9. The molecule has 1 saturated carbocycles. The fraction of sp³-hybridized carbons (Fsp3) is 0.562. The normalized spacial score (nSPS) is 21.8. The maximum Gasteiger partial charge on any atom is 0.221 e. The Balaban J connectivity index is 0.00000288. The third kappa shape index (κ3) is 6.76. The standard InChI is InChI=1S/C16H25N3O3S.ClH/c1-23(21,22)19-15-9-5-8-13(15)11-18-16(20)10-14(17)12-6-3-2-4-7-12;/h2-4,6-7,13-15,19H,5,8-11,17H2,1H3,(H,18,20);1H. The van der Waals surface area contributed by atoms with Gasteiger partial charge in [0.15, 0.2) is 0 Å². The summed E-state index contributed by atoms with van der Waals surface area (Å²) in [4.78, 5) is 12.0. The van der Waals surface area contributed by atoms with E-state index in [1.165, 1.54) is 6.26 Å². The lowest BCUT2D eigenvalue weighted by atomic mass is 10.0. The highest BCUT2D eigenvalue weighted by Crippen LogP contribution is 2.25. The topological polar surface area (TPSA) is 101 Å². The molecule has 1 fully saturated rings. The van der Waals surface area contributed by atoms with Crippen molar-refractivity contribution < 1.29 is 13.2 Å². The zero-order valence-electron chi connectivity index (χ0n) is 13.8. The van der Waals surface area contributed by atoms with Gasteiger partial charge in [0.05, 0.1) is 6.26 Å². The van der Waals surface area contributed by atoms with E-state index in [2.05, 4.69) is 10.0 Å². The minimum Gasteiger partial charge on any atom is -0.356 e. The molecule has 1 aromatic rings. The summed E-state index contributed by atoms with van der Waals surface area (Å²) in [7, 11) is -3.22. The fourth-order valence-electron chi connectivity index (χ4n) is 3.05. The number of nitrogens with two attached hydrogens (primary N) is 1. The van der Waals surface area contributed by atoms with Crippen LogP contribution >= 0.6 is 12.4 Å². The van der Waals surface area contributed by atoms with Gasteiger partial charge in [-0.05, 0) is 24.3 Å². The van der Waals surface area contributed by atoms with Gasteiger partial charge < -0.3 is 11.1 Å². The smallest absolute Gasteiger partial charge is 0.221 e. The van der Waals surface area contributed by atoms with Crippen LogP contribution < -0.4 is 15.8 Å². The van der Waals surface area contributed by atoms with E-state index in [1.807, 2.05) is 30.3 Å². The van der Waals surface area contributed by atoms with Crippen LogP contribution in [0, 0.1) is 5.92 Å². The Morgan fingerprint density at radius 1 is 1.29 bits per heavy atom. The average Bonchev–Trinajstić information content (AvgIpc) is 2.91. The Bertz CT molecular complexity index is 625. The Labute approximate surface area is 150 Å². The van der Waals surface area contributed by atoms with E-state index in [1.54, 1.807) is 0 Å². The third-order valence-electron chi connectivity index (χ3n) is 4.22. The van der Waals surface area contributed by atoms with Gasteiger partial charge in [-0.3, -0.25) is 4.79 Å². The van der Waals surface area contributed by atoms with Gasteiger partial charge in [-0.25, -0.2) is 13.1 Å². The number of hydrogen-bond donors (Lipinski definition) is 3. The first-order chi connectivity index (χ1) is 10.8. The lowest BCUT2D eigenvalue weighted by Gasteiger charge is -2.21. The van der Waals surface area contributed by atoms with Crippen LogP contribution in [0.2, 0.25) is 0 Å². The molecule has 4 N–H and O–H groups in total. The number of nitrogens with one attached hydrogen (secondary N) is 2. The Morgan fingerprint density at radius 2 is 1.96 bits per heavy atom. The van der Waals surface area contributed by atoms with Crippen molar-refractivity contribution in [2.24, 2.45) is 11.7 Å². The predicted octanol–water partition coefficient (Wildman–Crippen LogP) is 1.33. The number of carbonyl (C=O) groups is 1. The van der Waals surface area contributed by atoms with E-state index in [9.17, 15) is 13.2 Å². The van der Waals surface area contributed by atoms with Crippen molar-refractivity contribution in [2.75, 3.05) is 12.8 Å². The fourth-order valence-corrected chi connectivity index (χ4v) is 3.91. The van der Waals surface area contributed by atoms with Crippen LogP contribution in [0.25, 0.3) is 0 Å². The molecule has 0 bridgehead atoms. The molecule has 0 spiro atoms. The van der Waals surface area contributed by atoms with Crippen LogP contribution in [0.4, 0.5) is 0 Å². The van der Waals surface area contributed by atoms with Gasteiger partial charge in [0.1, 0.15) is 0 Å². The first-order valence-corrected chi connectivity index (χ1v) is 9.79. The van der Waals surface area contributed by atoms with E-state index in [-0.39, 0.29) is 42.7 Å². The molecule has 0 aromatic heterocycles. The Morgan fingerprint density at radius 3 is 2.58 bits per heavy atom. The van der Waals surface area contributed by atoms with Crippen molar-refractivity contribution in [2.45, 2.75) is 37.8 Å². The third-order valence-corrected chi connectivity index (χ3v) is 4.95. The van der Waals surface area contributed by atoms with E-state index >= 15 is 0 Å². The van der Waals surface area contributed by atoms with Gasteiger partial charge in [0, 0.05) is 25.0 Å². The quantitative estimate of drug-likeness (QED) is 0.669. The lowest BCUT2D eigenvalue weighted by molar-refractivity contribution is -0.121. The molecule has 3 atom stereocenters. The van der Waals surface area contributed by atoms with Crippen molar-refractivity contribution in [1.29, 1.82) is 0 Å². The molecule has 8 heteroatoms. The average molecular weight is 376 g/mol. The summed E-state index contributed by atoms with van der Waals surface area (Å²) in [5.74, 6) is 0.0352. The molecule has 24 heavy (non-hydrogen) atoms. The molecule has 1 amide bonds. The van der Waals surface area contributed by atoms with Crippen molar-refractivity contribution in [3.05, 3.63) is 35.9 Å². The van der Waals surface area contributed by atoms with E-state index in [4.69, 9.17) is 5.73 Å². The number of sulfonamides is 1. The zero-order valence-corrected chi connectivity index (χ0v) is 15.4. The second-order valence-electron chi connectivity index (χ2n) is 6.21. The highest BCUT2D eigenvalue weighted by Gasteiger charge is 2.29. The maximum absolute atomic E-state index is 12.0. The van der Waals surface area contributed by atoms with Gasteiger partial charge in [-0.2, -0.15) is 0 Å². The molecule has 6 nitrogen and oxygen atoms in total.